The first-order valence-corrected chi connectivity index (χ1v) is 10.5. The maximum atomic E-state index is 12.6. The lowest BCUT2D eigenvalue weighted by Crippen LogP contribution is -2.56. The van der Waals surface area contributed by atoms with Gasteiger partial charge in [-0.15, -0.1) is 0 Å². The van der Waals surface area contributed by atoms with Crippen LogP contribution in [0.2, 0.25) is 5.02 Å². The van der Waals surface area contributed by atoms with Crippen LogP contribution in [0.5, 0.6) is 11.5 Å². The van der Waals surface area contributed by atoms with Crippen molar-refractivity contribution in [2.45, 2.75) is 10.1 Å². The quantitative estimate of drug-likeness (QED) is 0.670. The zero-order valence-electron chi connectivity index (χ0n) is 15.5. The van der Waals surface area contributed by atoms with E-state index in [9.17, 15) is 13.2 Å². The zero-order valence-corrected chi connectivity index (χ0v) is 17.0. The monoisotopic (exact) mass is 421 g/mol. The number of methoxy groups -OCH3 is 2. The summed E-state index contributed by atoms with van der Waals surface area (Å²) in [6.45, 7) is 0.333. The number of rotatable bonds is 6. The fourth-order valence-electron chi connectivity index (χ4n) is 2.86. The van der Waals surface area contributed by atoms with Gasteiger partial charge in [-0.2, -0.15) is 0 Å². The summed E-state index contributed by atoms with van der Waals surface area (Å²) in [5.74, 6) is 0.927. The summed E-state index contributed by atoms with van der Waals surface area (Å²) in [4.78, 5) is 14.0. The predicted octanol–water partition coefficient (Wildman–Crippen LogP) is 3.06. The third kappa shape index (κ3) is 4.15. The molecule has 3 rings (SSSR count). The second-order valence-electron chi connectivity index (χ2n) is 6.31. The highest BCUT2D eigenvalue weighted by molar-refractivity contribution is 7.92. The molecular weight excluding hydrogens is 402 g/mol. The lowest BCUT2D eigenvalue weighted by Gasteiger charge is -2.38. The number of likely N-dealkylation sites (tertiary alicyclic amines) is 1. The van der Waals surface area contributed by atoms with Gasteiger partial charge in [0, 0.05) is 24.2 Å². The maximum absolute atomic E-state index is 12.6. The van der Waals surface area contributed by atoms with E-state index in [2.05, 4.69) is 0 Å². The van der Waals surface area contributed by atoms with Crippen molar-refractivity contribution in [3.63, 3.8) is 0 Å². The average Bonchev–Trinajstić information content (AvgIpc) is 2.65. The summed E-state index contributed by atoms with van der Waals surface area (Å²) in [5, 5.41) is -0.128. The number of sulfone groups is 1. The maximum Gasteiger partial charge on any atom is 0.246 e. The van der Waals surface area contributed by atoms with Gasteiger partial charge in [0.1, 0.15) is 5.25 Å². The van der Waals surface area contributed by atoms with Gasteiger partial charge in [-0.1, -0.05) is 17.7 Å². The standard InChI is InChI=1S/C20H20ClNO5S/c1-26-18-9-3-14(11-19(18)27-2)4-10-20(23)22-12-17(13-22)28(24,25)16-7-5-15(21)6-8-16/h3-11,17H,12-13H2,1-2H3. The van der Waals surface area contributed by atoms with Gasteiger partial charge >= 0.3 is 0 Å². The third-order valence-electron chi connectivity index (χ3n) is 4.57. The van der Waals surface area contributed by atoms with Crippen molar-refractivity contribution in [1.29, 1.82) is 0 Å². The van der Waals surface area contributed by atoms with E-state index in [4.69, 9.17) is 21.1 Å². The Morgan fingerprint density at radius 3 is 2.32 bits per heavy atom. The van der Waals surface area contributed by atoms with Crippen LogP contribution in [0.25, 0.3) is 6.08 Å². The Balaban J connectivity index is 1.62. The number of hydrogen-bond donors (Lipinski definition) is 0. The highest BCUT2D eigenvalue weighted by Crippen LogP contribution is 2.28. The zero-order chi connectivity index (χ0) is 20.3. The SMILES string of the molecule is COc1ccc(C=CC(=O)N2CC(S(=O)(=O)c3ccc(Cl)cc3)C2)cc1OC. The fourth-order valence-corrected chi connectivity index (χ4v) is 4.64. The number of ether oxygens (including phenoxy) is 2. The van der Waals surface area contributed by atoms with E-state index in [0.717, 1.165) is 5.56 Å². The number of benzene rings is 2. The van der Waals surface area contributed by atoms with E-state index in [-0.39, 0.29) is 23.9 Å². The fraction of sp³-hybridized carbons (Fsp3) is 0.250. The molecule has 0 aliphatic carbocycles. The molecule has 2 aromatic rings. The van der Waals surface area contributed by atoms with Crippen LogP contribution in [0.15, 0.2) is 53.4 Å². The number of halogens is 1. The first-order valence-electron chi connectivity index (χ1n) is 8.53. The highest BCUT2D eigenvalue weighted by atomic mass is 35.5. The summed E-state index contributed by atoms with van der Waals surface area (Å²) in [6, 6.07) is 11.4. The van der Waals surface area contributed by atoms with Crippen LogP contribution in [0.4, 0.5) is 0 Å². The van der Waals surface area contributed by atoms with Crippen LogP contribution in [-0.4, -0.2) is 51.8 Å². The Kier molecular flexibility index (Phi) is 5.96. The summed E-state index contributed by atoms with van der Waals surface area (Å²) < 4.78 is 35.6. The Labute approximate surface area is 169 Å². The number of nitrogens with zero attached hydrogens (tertiary/aromatic N) is 1. The first-order chi connectivity index (χ1) is 13.3. The van der Waals surface area contributed by atoms with Crippen molar-refractivity contribution in [3.05, 3.63) is 59.1 Å². The topological polar surface area (TPSA) is 72.9 Å². The lowest BCUT2D eigenvalue weighted by atomic mass is 10.1. The van der Waals surface area contributed by atoms with Gasteiger partial charge in [0.15, 0.2) is 21.3 Å². The molecule has 8 heteroatoms. The molecule has 0 N–H and O–H groups in total. The van der Waals surface area contributed by atoms with Crippen molar-refractivity contribution < 1.29 is 22.7 Å². The van der Waals surface area contributed by atoms with Crippen LogP contribution in [-0.2, 0) is 14.6 Å². The average molecular weight is 422 g/mol. The molecule has 6 nitrogen and oxygen atoms in total. The lowest BCUT2D eigenvalue weighted by molar-refractivity contribution is -0.128. The second-order valence-corrected chi connectivity index (χ2v) is 8.98. The predicted molar refractivity (Wildman–Crippen MR) is 108 cm³/mol. The number of carbonyl (C=O) groups is 1. The second kappa shape index (κ2) is 8.24. The number of hydrogen-bond acceptors (Lipinski definition) is 5. The van der Waals surface area contributed by atoms with Crippen molar-refractivity contribution in [2.24, 2.45) is 0 Å². The van der Waals surface area contributed by atoms with Crippen LogP contribution in [0.1, 0.15) is 5.56 Å². The third-order valence-corrected chi connectivity index (χ3v) is 6.92. The molecule has 1 amide bonds. The van der Waals surface area contributed by atoms with E-state index in [1.54, 1.807) is 43.5 Å². The van der Waals surface area contributed by atoms with Crippen LogP contribution in [0.3, 0.4) is 0 Å². The van der Waals surface area contributed by atoms with E-state index in [1.807, 2.05) is 0 Å². The van der Waals surface area contributed by atoms with Crippen molar-refractivity contribution >= 4 is 33.4 Å². The molecule has 28 heavy (non-hydrogen) atoms. The van der Waals surface area contributed by atoms with Gasteiger partial charge in [0.2, 0.25) is 5.91 Å². The molecule has 1 fully saturated rings. The molecule has 0 spiro atoms. The molecule has 1 aliphatic heterocycles. The minimum absolute atomic E-state index is 0.167. The molecular formula is C20H20ClNO5S. The van der Waals surface area contributed by atoms with E-state index in [0.29, 0.717) is 16.5 Å². The Hall–Kier alpha value is -2.51. The molecule has 1 saturated heterocycles. The molecule has 0 saturated carbocycles. The molecule has 148 valence electrons. The van der Waals surface area contributed by atoms with Gasteiger partial charge < -0.3 is 14.4 Å². The van der Waals surface area contributed by atoms with Crippen LogP contribution < -0.4 is 9.47 Å². The minimum Gasteiger partial charge on any atom is -0.493 e. The summed E-state index contributed by atoms with van der Waals surface area (Å²) in [7, 11) is -0.386. The Morgan fingerprint density at radius 1 is 1.07 bits per heavy atom. The Bertz CT molecular complexity index is 996. The molecule has 0 radical (unpaired) electrons. The minimum atomic E-state index is -3.48. The highest BCUT2D eigenvalue weighted by Gasteiger charge is 2.39. The van der Waals surface area contributed by atoms with E-state index >= 15 is 0 Å². The first kappa shape index (κ1) is 20.2. The number of carbonyl (C=O) groups excluding carboxylic acids is 1. The molecule has 0 unspecified atom stereocenters. The summed E-state index contributed by atoms with van der Waals surface area (Å²) >= 11 is 5.80. The molecule has 2 aromatic carbocycles. The van der Waals surface area contributed by atoms with Crippen molar-refractivity contribution in [3.8, 4) is 11.5 Å². The van der Waals surface area contributed by atoms with Gasteiger partial charge in [0.05, 0.1) is 19.1 Å². The van der Waals surface area contributed by atoms with Gasteiger partial charge in [0.25, 0.3) is 0 Å². The largest absolute Gasteiger partial charge is 0.493 e. The number of amides is 1. The van der Waals surface area contributed by atoms with Crippen LogP contribution in [0, 0.1) is 0 Å². The van der Waals surface area contributed by atoms with E-state index in [1.165, 1.54) is 30.2 Å². The van der Waals surface area contributed by atoms with Gasteiger partial charge in [-0.05, 0) is 48.0 Å². The van der Waals surface area contributed by atoms with Crippen molar-refractivity contribution in [1.82, 2.24) is 4.90 Å². The molecule has 1 heterocycles. The van der Waals surface area contributed by atoms with Gasteiger partial charge in [-0.25, -0.2) is 8.42 Å². The molecule has 0 bridgehead atoms. The molecule has 1 aliphatic rings. The van der Waals surface area contributed by atoms with Crippen LogP contribution >= 0.6 is 11.6 Å². The summed E-state index contributed by atoms with van der Waals surface area (Å²) in [6.07, 6.45) is 3.08. The van der Waals surface area contributed by atoms with Crippen molar-refractivity contribution in [2.75, 3.05) is 27.3 Å². The van der Waals surface area contributed by atoms with Gasteiger partial charge in [-0.3, -0.25) is 4.79 Å². The Morgan fingerprint density at radius 2 is 1.71 bits per heavy atom. The van der Waals surface area contributed by atoms with E-state index < -0.39 is 15.1 Å². The molecule has 0 aromatic heterocycles. The smallest absolute Gasteiger partial charge is 0.246 e. The summed E-state index contributed by atoms with van der Waals surface area (Å²) in [5.41, 5.74) is 0.775. The molecule has 0 atom stereocenters. The normalized spacial score (nSPS) is 14.8.